The molecule has 2 heterocycles. The number of hydrogen-bond donors (Lipinski definition) is 1. The first-order valence-corrected chi connectivity index (χ1v) is 4.09. The summed E-state index contributed by atoms with van der Waals surface area (Å²) in [6.07, 6.45) is 3.44. The third-order valence-electron chi connectivity index (χ3n) is 2.00. The number of anilines is 1. The Labute approximate surface area is 75.6 Å². The predicted molar refractivity (Wildman–Crippen MR) is 47.0 cm³/mol. The van der Waals surface area contributed by atoms with Gasteiger partial charge in [0.25, 0.3) is 0 Å². The summed E-state index contributed by atoms with van der Waals surface area (Å²) in [4.78, 5) is 20.7. The maximum Gasteiger partial charge on any atom is 0.229 e. The Kier molecular flexibility index (Phi) is 1.94. The first kappa shape index (κ1) is 8.12. The van der Waals surface area contributed by atoms with Crippen LogP contribution in [0.1, 0.15) is 6.42 Å². The smallest absolute Gasteiger partial charge is 0.229 e. The molecule has 2 N–H and O–H groups in total. The Bertz CT molecular complexity index is 313. The summed E-state index contributed by atoms with van der Waals surface area (Å²) in [7, 11) is 0. The molecule has 1 fully saturated rings. The van der Waals surface area contributed by atoms with E-state index in [1.54, 1.807) is 17.2 Å². The van der Waals surface area contributed by atoms with Gasteiger partial charge in [0.1, 0.15) is 12.1 Å². The highest BCUT2D eigenvalue weighted by molar-refractivity contribution is 5.95. The van der Waals surface area contributed by atoms with Crippen molar-refractivity contribution in [3.05, 3.63) is 18.6 Å². The van der Waals surface area contributed by atoms with Crippen LogP contribution in [-0.4, -0.2) is 28.5 Å². The number of carbonyl (C=O) groups is 1. The zero-order valence-electron chi connectivity index (χ0n) is 7.05. The molecule has 1 aliphatic heterocycles. The van der Waals surface area contributed by atoms with Crippen molar-refractivity contribution in [3.63, 3.8) is 0 Å². The number of nitrogens with two attached hydrogens (primary N) is 1. The van der Waals surface area contributed by atoms with E-state index in [1.165, 1.54) is 6.33 Å². The topological polar surface area (TPSA) is 72.1 Å². The molecule has 1 aromatic heterocycles. The van der Waals surface area contributed by atoms with E-state index in [0.717, 1.165) is 0 Å². The molecule has 5 nitrogen and oxygen atoms in total. The van der Waals surface area contributed by atoms with E-state index in [1.807, 2.05) is 0 Å². The molecule has 68 valence electrons. The third-order valence-corrected chi connectivity index (χ3v) is 2.00. The van der Waals surface area contributed by atoms with E-state index in [4.69, 9.17) is 5.73 Å². The van der Waals surface area contributed by atoms with Gasteiger partial charge in [-0.05, 0) is 6.07 Å². The van der Waals surface area contributed by atoms with Crippen LogP contribution in [0.4, 0.5) is 5.82 Å². The van der Waals surface area contributed by atoms with Crippen molar-refractivity contribution in [3.8, 4) is 0 Å². The van der Waals surface area contributed by atoms with Crippen LogP contribution in [0.25, 0.3) is 0 Å². The van der Waals surface area contributed by atoms with E-state index in [2.05, 4.69) is 9.97 Å². The van der Waals surface area contributed by atoms with Crippen LogP contribution in [0.5, 0.6) is 0 Å². The van der Waals surface area contributed by atoms with Crippen LogP contribution in [0.2, 0.25) is 0 Å². The summed E-state index contributed by atoms with van der Waals surface area (Å²) in [6, 6.07) is 1.64. The number of hydrogen-bond acceptors (Lipinski definition) is 4. The molecular weight excluding hydrogens is 168 g/mol. The number of aromatic nitrogens is 2. The van der Waals surface area contributed by atoms with Gasteiger partial charge >= 0.3 is 0 Å². The molecule has 0 saturated carbocycles. The minimum absolute atomic E-state index is 0.0335. The second kappa shape index (κ2) is 3.10. The molecule has 2 rings (SSSR count). The van der Waals surface area contributed by atoms with Crippen molar-refractivity contribution in [1.29, 1.82) is 0 Å². The van der Waals surface area contributed by atoms with Gasteiger partial charge in [-0.1, -0.05) is 0 Å². The second-order valence-corrected chi connectivity index (χ2v) is 3.04. The predicted octanol–water partition coefficient (Wildman–Crippen LogP) is -0.459. The van der Waals surface area contributed by atoms with Crippen molar-refractivity contribution in [2.45, 2.75) is 12.5 Å². The van der Waals surface area contributed by atoms with Crippen LogP contribution in [-0.2, 0) is 4.79 Å². The van der Waals surface area contributed by atoms with Gasteiger partial charge in [-0.25, -0.2) is 9.97 Å². The molecular formula is C8H10N4O. The molecule has 0 aliphatic carbocycles. The lowest BCUT2D eigenvalue weighted by molar-refractivity contribution is -0.117. The number of nitrogens with zero attached hydrogens (tertiary/aromatic N) is 3. The second-order valence-electron chi connectivity index (χ2n) is 3.04. The summed E-state index contributed by atoms with van der Waals surface area (Å²) in [5.41, 5.74) is 5.65. The van der Waals surface area contributed by atoms with E-state index in [-0.39, 0.29) is 11.9 Å². The quantitative estimate of drug-likeness (QED) is 0.631. The fourth-order valence-corrected chi connectivity index (χ4v) is 1.40. The van der Waals surface area contributed by atoms with Crippen molar-refractivity contribution < 1.29 is 4.79 Å². The third kappa shape index (κ3) is 1.50. The summed E-state index contributed by atoms with van der Waals surface area (Å²) in [5, 5.41) is 0. The number of rotatable bonds is 1. The largest absolute Gasteiger partial charge is 0.326 e. The van der Waals surface area contributed by atoms with Gasteiger partial charge in [0.2, 0.25) is 5.91 Å². The molecule has 0 aromatic carbocycles. The molecule has 1 amide bonds. The van der Waals surface area contributed by atoms with E-state index in [0.29, 0.717) is 18.8 Å². The van der Waals surface area contributed by atoms with Crippen molar-refractivity contribution in [2.24, 2.45) is 5.73 Å². The molecule has 1 saturated heterocycles. The Balaban J connectivity index is 2.23. The number of carbonyl (C=O) groups excluding carboxylic acids is 1. The zero-order chi connectivity index (χ0) is 9.26. The Morgan fingerprint density at radius 2 is 2.46 bits per heavy atom. The summed E-state index contributed by atoms with van der Waals surface area (Å²) >= 11 is 0. The molecule has 13 heavy (non-hydrogen) atoms. The lowest BCUT2D eigenvalue weighted by atomic mass is 10.3. The minimum atomic E-state index is -0.0672. The molecule has 5 heteroatoms. The number of amides is 1. The minimum Gasteiger partial charge on any atom is -0.326 e. The first-order valence-electron chi connectivity index (χ1n) is 4.09. The SMILES string of the molecule is NC1CC(=O)N(c2ccncn2)C1. The van der Waals surface area contributed by atoms with Gasteiger partial charge in [-0.3, -0.25) is 9.69 Å². The normalized spacial score (nSPS) is 22.4. The molecule has 1 atom stereocenters. The van der Waals surface area contributed by atoms with Gasteiger partial charge in [-0.15, -0.1) is 0 Å². The molecule has 1 unspecified atom stereocenters. The maximum atomic E-state index is 11.4. The van der Waals surface area contributed by atoms with Crippen molar-refractivity contribution >= 4 is 11.7 Å². The summed E-state index contributed by atoms with van der Waals surface area (Å²) in [5.74, 6) is 0.666. The summed E-state index contributed by atoms with van der Waals surface area (Å²) in [6.45, 7) is 0.551. The Morgan fingerprint density at radius 1 is 1.62 bits per heavy atom. The van der Waals surface area contributed by atoms with E-state index in [9.17, 15) is 4.79 Å². The highest BCUT2D eigenvalue weighted by Gasteiger charge is 2.28. The molecule has 0 radical (unpaired) electrons. The highest BCUT2D eigenvalue weighted by Crippen LogP contribution is 2.16. The van der Waals surface area contributed by atoms with E-state index >= 15 is 0 Å². The van der Waals surface area contributed by atoms with E-state index < -0.39 is 0 Å². The van der Waals surface area contributed by atoms with Crippen molar-refractivity contribution in [1.82, 2.24) is 9.97 Å². The van der Waals surface area contributed by atoms with Gasteiger partial charge in [0.15, 0.2) is 0 Å². The van der Waals surface area contributed by atoms with Crippen LogP contribution < -0.4 is 10.6 Å². The molecule has 1 aromatic rings. The van der Waals surface area contributed by atoms with Gasteiger partial charge in [-0.2, -0.15) is 0 Å². The fraction of sp³-hybridized carbons (Fsp3) is 0.375. The highest BCUT2D eigenvalue weighted by atomic mass is 16.2. The molecule has 0 spiro atoms. The Morgan fingerprint density at radius 3 is 3.00 bits per heavy atom. The van der Waals surface area contributed by atoms with Crippen LogP contribution >= 0.6 is 0 Å². The van der Waals surface area contributed by atoms with Gasteiger partial charge in [0, 0.05) is 25.2 Å². The lowest BCUT2D eigenvalue weighted by Crippen LogP contribution is -2.28. The summed E-state index contributed by atoms with van der Waals surface area (Å²) < 4.78 is 0. The maximum absolute atomic E-state index is 11.4. The Hall–Kier alpha value is -1.49. The first-order chi connectivity index (χ1) is 6.27. The average Bonchev–Trinajstić information content (AvgIpc) is 2.47. The van der Waals surface area contributed by atoms with Crippen LogP contribution in [0.3, 0.4) is 0 Å². The van der Waals surface area contributed by atoms with Crippen molar-refractivity contribution in [2.75, 3.05) is 11.4 Å². The monoisotopic (exact) mass is 178 g/mol. The van der Waals surface area contributed by atoms with Gasteiger partial charge < -0.3 is 5.73 Å². The van der Waals surface area contributed by atoms with Crippen LogP contribution in [0, 0.1) is 0 Å². The zero-order valence-corrected chi connectivity index (χ0v) is 7.05. The van der Waals surface area contributed by atoms with Gasteiger partial charge in [0.05, 0.1) is 0 Å². The standard InChI is InChI=1S/C8H10N4O/c9-6-3-8(13)12(4-6)7-1-2-10-5-11-7/h1-2,5-6H,3-4,9H2. The fourth-order valence-electron chi connectivity index (χ4n) is 1.40. The average molecular weight is 178 g/mol. The lowest BCUT2D eigenvalue weighted by Gasteiger charge is -2.13. The molecule has 1 aliphatic rings. The molecule has 0 bridgehead atoms. The van der Waals surface area contributed by atoms with Crippen LogP contribution in [0.15, 0.2) is 18.6 Å².